The van der Waals surface area contributed by atoms with E-state index in [0.717, 1.165) is 55.4 Å². The van der Waals surface area contributed by atoms with Gasteiger partial charge in [-0.05, 0) is 13.8 Å². The first-order chi connectivity index (χ1) is 26.1. The van der Waals surface area contributed by atoms with Crippen LogP contribution in [0.15, 0.2) is 0 Å². The molecule has 0 aromatic carbocycles. The fourth-order valence-corrected chi connectivity index (χ4v) is 6.33. The zero-order valence-electron chi connectivity index (χ0n) is 32.4. The van der Waals surface area contributed by atoms with E-state index in [1.54, 1.807) is 0 Å². The summed E-state index contributed by atoms with van der Waals surface area (Å²) in [5.74, 6) is -6.99. The molecule has 0 aromatic heterocycles. The summed E-state index contributed by atoms with van der Waals surface area (Å²) in [7, 11) is 0. The Hall–Kier alpha value is -4.48. The molecular weight excluding hydrogens is 760 g/mol. The maximum absolute atomic E-state index is 12.7. The largest absolute Gasteiger partial charge is 0.463 e. The molecule has 22 nitrogen and oxygen atoms in total. The molecule has 1 N–H and O–H groups in total. The van der Waals surface area contributed by atoms with Crippen LogP contribution < -0.4 is 0 Å². The normalized spacial score (nSPS) is 35.4. The van der Waals surface area contributed by atoms with Crippen LogP contribution in [-0.4, -0.2) is 152 Å². The van der Waals surface area contributed by atoms with Crippen LogP contribution in [0.5, 0.6) is 0 Å². The Morgan fingerprint density at radius 3 is 1.14 bits per heavy atom. The average Bonchev–Trinajstić information content (AvgIpc) is 3.04. The summed E-state index contributed by atoms with van der Waals surface area (Å²) in [6.45, 7) is 10.6. The number of carbonyl (C=O) groups is 8. The zero-order valence-corrected chi connectivity index (χ0v) is 32.4. The van der Waals surface area contributed by atoms with Gasteiger partial charge in [-0.1, -0.05) is 0 Å². The fourth-order valence-electron chi connectivity index (χ4n) is 6.33. The first-order valence-electron chi connectivity index (χ1n) is 17.4. The van der Waals surface area contributed by atoms with E-state index < -0.39 is 146 Å². The van der Waals surface area contributed by atoms with E-state index in [4.69, 9.17) is 61.6 Å². The summed E-state index contributed by atoms with van der Waals surface area (Å²) in [5.41, 5.74) is 0. The molecule has 3 aliphatic heterocycles. The van der Waals surface area contributed by atoms with Gasteiger partial charge in [0, 0.05) is 55.4 Å². The summed E-state index contributed by atoms with van der Waals surface area (Å²) in [6, 6.07) is 0. The van der Waals surface area contributed by atoms with Gasteiger partial charge < -0.3 is 66.7 Å². The molecular formula is C34H48O22. The van der Waals surface area contributed by atoms with Gasteiger partial charge in [0.2, 0.25) is 0 Å². The van der Waals surface area contributed by atoms with Gasteiger partial charge in [0.25, 0.3) is 0 Å². The SMILES string of the molecule is CC(=O)OC[C@H]1OC(O)[C@H](OC(C)=O)[C@@H](O[C@@H]2O[C@@H](C)[C@H](OC(C)=O)[C@@H](O[C@@H]3O[C@@H](C)[C@H](OC(C)=O)[C@@H](OC(C)=O)[C@H]3OC(C)=O)[C@H]2OC(C)=O)[C@H]1OC(C)=O. The van der Waals surface area contributed by atoms with Crippen LogP contribution in [-0.2, 0) is 99.9 Å². The van der Waals surface area contributed by atoms with Gasteiger partial charge in [-0.3, -0.25) is 38.4 Å². The third kappa shape index (κ3) is 12.5. The van der Waals surface area contributed by atoms with Gasteiger partial charge in [0.1, 0.15) is 24.9 Å². The van der Waals surface area contributed by atoms with Crippen LogP contribution in [0.4, 0.5) is 0 Å². The van der Waals surface area contributed by atoms with E-state index >= 15 is 0 Å². The van der Waals surface area contributed by atoms with E-state index in [9.17, 15) is 43.5 Å². The van der Waals surface area contributed by atoms with Crippen molar-refractivity contribution in [3.05, 3.63) is 0 Å². The van der Waals surface area contributed by atoms with Crippen molar-refractivity contribution in [3.63, 3.8) is 0 Å². The second kappa shape index (κ2) is 20.1. The van der Waals surface area contributed by atoms with Crippen LogP contribution >= 0.6 is 0 Å². The van der Waals surface area contributed by atoms with Crippen LogP contribution in [0.1, 0.15) is 69.2 Å². The minimum Gasteiger partial charge on any atom is -0.463 e. The second-order valence-corrected chi connectivity index (χ2v) is 13.0. The quantitative estimate of drug-likeness (QED) is 0.173. The Balaban J connectivity index is 2.18. The second-order valence-electron chi connectivity index (χ2n) is 13.0. The van der Waals surface area contributed by atoms with E-state index in [1.165, 1.54) is 13.8 Å². The number of aliphatic hydroxyl groups is 1. The van der Waals surface area contributed by atoms with Crippen molar-refractivity contribution >= 4 is 47.8 Å². The molecule has 22 heteroatoms. The maximum atomic E-state index is 12.7. The molecule has 0 saturated carbocycles. The van der Waals surface area contributed by atoms with Crippen LogP contribution in [0.25, 0.3) is 0 Å². The number of hydrogen-bond acceptors (Lipinski definition) is 22. The predicted octanol–water partition coefficient (Wildman–Crippen LogP) is -0.951. The maximum Gasteiger partial charge on any atom is 0.303 e. The molecule has 3 heterocycles. The Morgan fingerprint density at radius 1 is 0.411 bits per heavy atom. The summed E-state index contributed by atoms with van der Waals surface area (Å²) in [5, 5.41) is 11.0. The highest BCUT2D eigenvalue weighted by atomic mass is 16.8. The molecule has 0 aliphatic carbocycles. The van der Waals surface area contributed by atoms with Crippen LogP contribution in [0.3, 0.4) is 0 Å². The highest BCUT2D eigenvalue weighted by Gasteiger charge is 2.58. The third-order valence-corrected chi connectivity index (χ3v) is 8.21. The third-order valence-electron chi connectivity index (χ3n) is 8.21. The van der Waals surface area contributed by atoms with Crippen molar-refractivity contribution in [2.45, 2.75) is 161 Å². The predicted molar refractivity (Wildman–Crippen MR) is 175 cm³/mol. The molecule has 0 amide bonds. The summed E-state index contributed by atoms with van der Waals surface area (Å²) in [4.78, 5) is 98.1. The molecule has 3 aliphatic rings. The van der Waals surface area contributed by atoms with Gasteiger partial charge in [-0.2, -0.15) is 0 Å². The lowest BCUT2D eigenvalue weighted by Gasteiger charge is -2.50. The van der Waals surface area contributed by atoms with Gasteiger partial charge in [0.05, 0.1) is 12.2 Å². The molecule has 3 fully saturated rings. The molecule has 0 aromatic rings. The lowest BCUT2D eigenvalue weighted by atomic mass is 9.95. The molecule has 1 unspecified atom stereocenters. The van der Waals surface area contributed by atoms with E-state index in [0.29, 0.717) is 0 Å². The zero-order chi connectivity index (χ0) is 42.2. The Bertz CT molecular complexity index is 1460. The molecule has 0 radical (unpaired) electrons. The Kier molecular flexibility index (Phi) is 16.5. The Labute approximate surface area is 320 Å². The first kappa shape index (κ1) is 45.9. The number of hydrogen-bond donors (Lipinski definition) is 1. The van der Waals surface area contributed by atoms with Gasteiger partial charge in [-0.25, -0.2) is 0 Å². The molecule has 3 saturated heterocycles. The van der Waals surface area contributed by atoms with Gasteiger partial charge in [0.15, 0.2) is 61.6 Å². The Morgan fingerprint density at radius 2 is 0.732 bits per heavy atom. The van der Waals surface area contributed by atoms with E-state index in [-0.39, 0.29) is 0 Å². The fraction of sp³-hybridized carbons (Fsp3) is 0.765. The first-order valence-corrected chi connectivity index (χ1v) is 17.4. The van der Waals surface area contributed by atoms with Crippen molar-refractivity contribution in [1.82, 2.24) is 0 Å². The molecule has 316 valence electrons. The minimum atomic E-state index is -1.98. The van der Waals surface area contributed by atoms with Crippen molar-refractivity contribution in [3.8, 4) is 0 Å². The minimum absolute atomic E-state index is 0.584. The van der Waals surface area contributed by atoms with Crippen molar-refractivity contribution in [2.24, 2.45) is 0 Å². The number of rotatable bonds is 13. The molecule has 0 spiro atoms. The number of aliphatic hydroxyl groups excluding tert-OH is 1. The highest BCUT2D eigenvalue weighted by molar-refractivity contribution is 5.69. The lowest BCUT2D eigenvalue weighted by molar-refractivity contribution is -0.376. The molecule has 56 heavy (non-hydrogen) atoms. The van der Waals surface area contributed by atoms with E-state index in [2.05, 4.69) is 0 Å². The lowest BCUT2D eigenvalue weighted by Crippen LogP contribution is -2.68. The summed E-state index contributed by atoms with van der Waals surface area (Å²) < 4.78 is 73.5. The highest BCUT2D eigenvalue weighted by Crippen LogP contribution is 2.37. The summed E-state index contributed by atoms with van der Waals surface area (Å²) >= 11 is 0. The van der Waals surface area contributed by atoms with Crippen molar-refractivity contribution in [2.75, 3.05) is 6.61 Å². The average molecular weight is 809 g/mol. The molecule has 0 bridgehead atoms. The number of carbonyl (C=O) groups excluding carboxylic acids is 8. The van der Waals surface area contributed by atoms with E-state index in [1.807, 2.05) is 0 Å². The standard InChI is InChI=1S/C34H48O22/c1-12-23(47-15(4)36)26(50-18(7)39)30(52-20(9)41)33(45-12)55-27-24(48-16(5)37)13(2)46-34(31(27)53-21(10)42)56-28-25(49-17(6)38)22(11-44-14(3)35)54-32(43)29(28)51-19(8)40/h12-13,22-34,43H,11H2,1-10H3/t12-,13-,22+,23-,24-,25-,26+,27+,28-,29+,30+,31+,32?,33-,34-/m0/s1. The smallest absolute Gasteiger partial charge is 0.303 e. The van der Waals surface area contributed by atoms with Crippen LogP contribution in [0, 0.1) is 0 Å². The van der Waals surface area contributed by atoms with Gasteiger partial charge >= 0.3 is 47.8 Å². The van der Waals surface area contributed by atoms with Crippen molar-refractivity contribution < 1.29 is 105 Å². The molecule has 3 rings (SSSR count). The topological polar surface area (TPSA) is 277 Å². The van der Waals surface area contributed by atoms with Crippen molar-refractivity contribution in [1.29, 1.82) is 0 Å². The van der Waals surface area contributed by atoms with Crippen LogP contribution in [0.2, 0.25) is 0 Å². The monoisotopic (exact) mass is 808 g/mol. The molecule has 15 atom stereocenters. The van der Waals surface area contributed by atoms with Gasteiger partial charge in [-0.15, -0.1) is 0 Å². The number of esters is 8. The summed E-state index contributed by atoms with van der Waals surface area (Å²) in [6.07, 6.45) is -23.8. The number of ether oxygens (including phenoxy) is 13.